The number of rotatable bonds is 6. The lowest BCUT2D eigenvalue weighted by atomic mass is 10.0. The largest absolute Gasteiger partial charge is 0.325 e. The van der Waals surface area contributed by atoms with Crippen LogP contribution in [0.5, 0.6) is 0 Å². The van der Waals surface area contributed by atoms with Gasteiger partial charge >= 0.3 is 0 Å². The van der Waals surface area contributed by atoms with Crippen LogP contribution in [0.3, 0.4) is 0 Å². The smallest absolute Gasteiger partial charge is 0.276 e. The molecule has 5 nitrogen and oxygen atoms in total. The van der Waals surface area contributed by atoms with Crippen LogP contribution in [0.4, 0.5) is 5.69 Å². The molecule has 0 spiro atoms. The van der Waals surface area contributed by atoms with E-state index in [1.165, 1.54) is 27.7 Å². The summed E-state index contributed by atoms with van der Waals surface area (Å²) in [7, 11) is 0. The Morgan fingerprint density at radius 3 is 2.68 bits per heavy atom. The van der Waals surface area contributed by atoms with Crippen LogP contribution in [-0.4, -0.2) is 21.2 Å². The number of amides is 1. The van der Waals surface area contributed by atoms with Gasteiger partial charge < -0.3 is 5.32 Å². The average Bonchev–Trinajstić information content (AvgIpc) is 3.22. The Labute approximate surface area is 193 Å². The molecular weight excluding hydrogens is 450 g/mol. The van der Waals surface area contributed by atoms with Crippen LogP contribution < -0.4 is 10.9 Å². The number of carbonyl (C=O) groups excluding carboxylic acids is 1. The van der Waals surface area contributed by atoms with Gasteiger partial charge in [-0.1, -0.05) is 67.5 Å². The predicted octanol–water partition coefficient (Wildman–Crippen LogP) is 5.95. The number of thiophene rings is 1. The first-order valence-electron chi connectivity index (χ1n) is 9.72. The van der Waals surface area contributed by atoms with Crippen molar-refractivity contribution in [3.05, 3.63) is 80.9 Å². The number of nitrogens with zero attached hydrogens (tertiary/aromatic N) is 2. The molecule has 2 heterocycles. The summed E-state index contributed by atoms with van der Waals surface area (Å²) in [4.78, 5) is 30.5. The molecule has 0 saturated carbocycles. The Bertz CT molecular complexity index is 1310. The Balaban J connectivity index is 1.65. The molecule has 0 radical (unpaired) electrons. The van der Waals surface area contributed by atoms with Gasteiger partial charge in [-0.15, -0.1) is 11.3 Å². The molecule has 0 saturated heterocycles. The fraction of sp³-hybridized carbons (Fsp3) is 0.174. The van der Waals surface area contributed by atoms with Gasteiger partial charge in [-0.3, -0.25) is 14.2 Å². The fourth-order valence-corrected chi connectivity index (χ4v) is 5.05. The summed E-state index contributed by atoms with van der Waals surface area (Å²) in [5, 5.41) is 5.68. The molecule has 0 bridgehead atoms. The van der Waals surface area contributed by atoms with Crippen LogP contribution in [-0.2, 0) is 4.79 Å². The molecule has 1 amide bonds. The summed E-state index contributed by atoms with van der Waals surface area (Å²) in [6.07, 6.45) is 0. The third kappa shape index (κ3) is 4.54. The zero-order valence-corrected chi connectivity index (χ0v) is 19.4. The molecule has 0 aliphatic rings. The summed E-state index contributed by atoms with van der Waals surface area (Å²) in [6.45, 7) is 4.17. The van der Waals surface area contributed by atoms with E-state index in [1.54, 1.807) is 24.3 Å². The van der Waals surface area contributed by atoms with Crippen molar-refractivity contribution >= 4 is 56.5 Å². The summed E-state index contributed by atoms with van der Waals surface area (Å²) in [5.74, 6) is 0.236. The molecule has 8 heteroatoms. The van der Waals surface area contributed by atoms with E-state index in [4.69, 9.17) is 11.6 Å². The van der Waals surface area contributed by atoms with Crippen molar-refractivity contribution in [2.75, 3.05) is 11.1 Å². The predicted molar refractivity (Wildman–Crippen MR) is 130 cm³/mol. The summed E-state index contributed by atoms with van der Waals surface area (Å²) in [5.41, 5.74) is 2.84. The topological polar surface area (TPSA) is 64.0 Å². The van der Waals surface area contributed by atoms with Gasteiger partial charge in [0.25, 0.3) is 5.56 Å². The summed E-state index contributed by atoms with van der Waals surface area (Å²) >= 11 is 8.92. The quantitative estimate of drug-likeness (QED) is 0.280. The summed E-state index contributed by atoms with van der Waals surface area (Å²) < 4.78 is 2.04. The second kappa shape index (κ2) is 9.26. The first-order chi connectivity index (χ1) is 15.0. The lowest BCUT2D eigenvalue weighted by molar-refractivity contribution is -0.113. The van der Waals surface area contributed by atoms with Crippen LogP contribution in [0.1, 0.15) is 25.3 Å². The third-order valence-corrected chi connectivity index (χ3v) is 6.88. The van der Waals surface area contributed by atoms with E-state index in [0.29, 0.717) is 26.1 Å². The molecule has 4 rings (SSSR count). The highest BCUT2D eigenvalue weighted by molar-refractivity contribution is 7.99. The van der Waals surface area contributed by atoms with Crippen molar-refractivity contribution in [1.82, 2.24) is 9.55 Å². The van der Waals surface area contributed by atoms with Gasteiger partial charge in [0.2, 0.25) is 5.91 Å². The first kappa shape index (κ1) is 21.6. The molecule has 0 unspecified atom stereocenters. The number of aromatic nitrogens is 2. The number of hydrogen-bond donors (Lipinski definition) is 1. The first-order valence-corrected chi connectivity index (χ1v) is 12.0. The zero-order chi connectivity index (χ0) is 22.0. The molecule has 0 aliphatic carbocycles. The molecular formula is C23H20ClN3O2S2. The molecule has 1 N–H and O–H groups in total. The van der Waals surface area contributed by atoms with Gasteiger partial charge in [0, 0.05) is 5.69 Å². The van der Waals surface area contributed by atoms with Crippen LogP contribution in [0, 0.1) is 0 Å². The standard InChI is InChI=1S/C23H20ClN3O2S2/c1-14(2)15-7-3-5-9-17(15)25-20(28)13-31-23-26-18-11-12-30-21(18)22(29)27(23)19-10-6-4-8-16(19)24/h3-12,14H,13H2,1-2H3,(H,25,28). The highest BCUT2D eigenvalue weighted by atomic mass is 35.5. The Kier molecular flexibility index (Phi) is 6.46. The minimum atomic E-state index is -0.193. The second-order valence-corrected chi connectivity index (χ2v) is 9.47. The van der Waals surface area contributed by atoms with Crippen molar-refractivity contribution in [2.45, 2.75) is 24.9 Å². The SMILES string of the molecule is CC(C)c1ccccc1NC(=O)CSc1nc2ccsc2c(=O)n1-c1ccccc1Cl. The van der Waals surface area contributed by atoms with E-state index in [1.807, 2.05) is 35.7 Å². The highest BCUT2D eigenvalue weighted by Gasteiger charge is 2.18. The van der Waals surface area contributed by atoms with Crippen molar-refractivity contribution in [2.24, 2.45) is 0 Å². The van der Waals surface area contributed by atoms with Crippen LogP contribution in [0.15, 0.2) is 69.9 Å². The van der Waals surface area contributed by atoms with Crippen LogP contribution >= 0.6 is 34.7 Å². The third-order valence-electron chi connectivity index (χ3n) is 4.73. The van der Waals surface area contributed by atoms with Crippen molar-refractivity contribution in [3.8, 4) is 5.69 Å². The number of benzene rings is 2. The maximum Gasteiger partial charge on any atom is 0.276 e. The summed E-state index contributed by atoms with van der Waals surface area (Å²) in [6, 6.07) is 16.7. The van der Waals surface area contributed by atoms with E-state index < -0.39 is 0 Å². The van der Waals surface area contributed by atoms with Gasteiger partial charge in [0.15, 0.2) is 5.16 Å². The van der Waals surface area contributed by atoms with E-state index >= 15 is 0 Å². The Morgan fingerprint density at radius 1 is 1.16 bits per heavy atom. The number of para-hydroxylation sites is 2. The van der Waals surface area contributed by atoms with E-state index in [-0.39, 0.29) is 23.1 Å². The number of nitrogens with one attached hydrogen (secondary N) is 1. The van der Waals surface area contributed by atoms with Gasteiger partial charge in [-0.05, 0) is 41.1 Å². The number of carbonyl (C=O) groups is 1. The highest BCUT2D eigenvalue weighted by Crippen LogP contribution is 2.28. The Morgan fingerprint density at radius 2 is 1.90 bits per heavy atom. The van der Waals surface area contributed by atoms with Crippen molar-refractivity contribution < 1.29 is 4.79 Å². The zero-order valence-electron chi connectivity index (χ0n) is 17.0. The maximum atomic E-state index is 13.2. The normalized spacial score (nSPS) is 11.2. The van der Waals surface area contributed by atoms with Gasteiger partial charge in [0.1, 0.15) is 4.70 Å². The van der Waals surface area contributed by atoms with Crippen molar-refractivity contribution in [1.29, 1.82) is 0 Å². The number of halogens is 1. The fourth-order valence-electron chi connectivity index (χ4n) is 3.27. The minimum absolute atomic E-state index is 0.110. The lowest BCUT2D eigenvalue weighted by Gasteiger charge is -2.15. The molecule has 2 aromatic heterocycles. The number of hydrogen-bond acceptors (Lipinski definition) is 5. The van der Waals surface area contributed by atoms with Gasteiger partial charge in [-0.25, -0.2) is 4.98 Å². The average molecular weight is 470 g/mol. The number of fused-ring (bicyclic) bond motifs is 1. The van der Waals surface area contributed by atoms with E-state index in [2.05, 4.69) is 24.1 Å². The molecule has 0 fully saturated rings. The van der Waals surface area contributed by atoms with Gasteiger partial charge in [0.05, 0.1) is 22.0 Å². The van der Waals surface area contributed by atoms with Crippen LogP contribution in [0.2, 0.25) is 5.02 Å². The molecule has 158 valence electrons. The number of thioether (sulfide) groups is 1. The lowest BCUT2D eigenvalue weighted by Crippen LogP contribution is -2.22. The second-order valence-electron chi connectivity index (χ2n) is 7.20. The monoisotopic (exact) mass is 469 g/mol. The molecule has 0 aliphatic heterocycles. The van der Waals surface area contributed by atoms with E-state index in [0.717, 1.165) is 11.3 Å². The van der Waals surface area contributed by atoms with Crippen molar-refractivity contribution in [3.63, 3.8) is 0 Å². The molecule has 2 aromatic carbocycles. The minimum Gasteiger partial charge on any atom is -0.325 e. The molecule has 31 heavy (non-hydrogen) atoms. The number of anilines is 1. The van der Waals surface area contributed by atoms with Gasteiger partial charge in [-0.2, -0.15) is 0 Å². The molecule has 4 aromatic rings. The van der Waals surface area contributed by atoms with Crippen LogP contribution in [0.25, 0.3) is 15.9 Å². The maximum absolute atomic E-state index is 13.2. The van der Waals surface area contributed by atoms with E-state index in [9.17, 15) is 9.59 Å². The molecule has 0 atom stereocenters. The Hall–Kier alpha value is -2.61.